The molecular weight excluding hydrogens is 304 g/mol. The van der Waals surface area contributed by atoms with Crippen LogP contribution in [-0.2, 0) is 4.79 Å². The zero-order valence-electron chi connectivity index (χ0n) is 9.94. The predicted octanol–water partition coefficient (Wildman–Crippen LogP) is 1.68. The van der Waals surface area contributed by atoms with Gasteiger partial charge in [0, 0.05) is 23.3 Å². The fraction of sp³-hybridized carbons (Fsp3) is 0.400. The highest BCUT2D eigenvalue weighted by Gasteiger charge is 2.26. The van der Waals surface area contributed by atoms with E-state index in [1.165, 1.54) is 12.3 Å². The second-order valence-corrected chi connectivity index (χ2v) is 5.30. The van der Waals surface area contributed by atoms with Crippen molar-refractivity contribution in [2.75, 3.05) is 11.9 Å². The number of hydrogen-bond acceptors (Lipinski definition) is 5. The van der Waals surface area contributed by atoms with Crippen LogP contribution >= 0.6 is 15.9 Å². The Morgan fingerprint density at radius 3 is 2.78 bits per heavy atom. The molecule has 0 spiro atoms. The lowest BCUT2D eigenvalue weighted by Crippen LogP contribution is -2.37. The van der Waals surface area contributed by atoms with Gasteiger partial charge in [-0.1, -0.05) is 0 Å². The highest BCUT2D eigenvalue weighted by molar-refractivity contribution is 9.10. The summed E-state index contributed by atoms with van der Waals surface area (Å²) in [6.45, 7) is 3.46. The third-order valence-corrected chi connectivity index (χ3v) is 2.83. The number of carbonyl (C=O) groups is 1. The Kier molecular flexibility index (Phi) is 4.23. The van der Waals surface area contributed by atoms with Gasteiger partial charge in [0.2, 0.25) is 11.7 Å². The Morgan fingerprint density at radius 2 is 2.28 bits per heavy atom. The average molecular weight is 317 g/mol. The van der Waals surface area contributed by atoms with E-state index in [4.69, 9.17) is 5.73 Å². The molecule has 1 aromatic rings. The number of carbonyl (C=O) groups excluding carboxylic acids is 1. The quantitative estimate of drug-likeness (QED) is 0.634. The number of nitrogens with one attached hydrogen (secondary N) is 1. The van der Waals surface area contributed by atoms with Crippen molar-refractivity contribution in [2.24, 2.45) is 11.1 Å². The second-order valence-electron chi connectivity index (χ2n) is 4.38. The first-order valence-electron chi connectivity index (χ1n) is 5.08. The Balaban J connectivity index is 2.92. The number of aromatic nitrogens is 1. The number of nitro groups is 1. The van der Waals surface area contributed by atoms with E-state index in [1.807, 2.05) is 0 Å². The normalized spacial score (nSPS) is 11.1. The summed E-state index contributed by atoms with van der Waals surface area (Å²) in [6.07, 6.45) is 1.44. The maximum Gasteiger partial charge on any atom is 0.312 e. The lowest BCUT2D eigenvalue weighted by molar-refractivity contribution is -0.384. The maximum absolute atomic E-state index is 11.1. The number of amides is 1. The number of anilines is 1. The molecule has 8 heteroatoms. The highest BCUT2D eigenvalue weighted by atomic mass is 79.9. The van der Waals surface area contributed by atoms with Gasteiger partial charge < -0.3 is 11.1 Å². The van der Waals surface area contributed by atoms with Crippen molar-refractivity contribution in [2.45, 2.75) is 13.8 Å². The van der Waals surface area contributed by atoms with Crippen LogP contribution in [0.15, 0.2) is 16.7 Å². The standard InChI is InChI=1S/C10H13BrN4O3/c1-10(2,9(12)16)5-14-8-7(15(17)18)3-6(11)4-13-8/h3-4H,5H2,1-2H3,(H2,12,16)(H,13,14). The SMILES string of the molecule is CC(C)(CNc1ncc(Br)cc1[N+](=O)[O-])C(N)=O. The summed E-state index contributed by atoms with van der Waals surface area (Å²) >= 11 is 3.11. The predicted molar refractivity (Wildman–Crippen MR) is 70.1 cm³/mol. The zero-order valence-corrected chi connectivity index (χ0v) is 11.5. The zero-order chi connectivity index (χ0) is 13.9. The lowest BCUT2D eigenvalue weighted by atomic mass is 9.93. The van der Waals surface area contributed by atoms with E-state index < -0.39 is 16.2 Å². The molecule has 1 rings (SSSR count). The molecule has 0 saturated carbocycles. The van der Waals surface area contributed by atoms with Gasteiger partial charge in [-0.3, -0.25) is 14.9 Å². The Morgan fingerprint density at radius 1 is 1.67 bits per heavy atom. The van der Waals surface area contributed by atoms with Crippen molar-refractivity contribution in [3.8, 4) is 0 Å². The van der Waals surface area contributed by atoms with Gasteiger partial charge in [-0.05, 0) is 29.8 Å². The largest absolute Gasteiger partial charge is 0.369 e. The van der Waals surface area contributed by atoms with Crippen LogP contribution in [0.1, 0.15) is 13.8 Å². The molecule has 98 valence electrons. The van der Waals surface area contributed by atoms with E-state index in [1.54, 1.807) is 13.8 Å². The van der Waals surface area contributed by atoms with E-state index in [9.17, 15) is 14.9 Å². The summed E-state index contributed by atoms with van der Waals surface area (Å²) in [4.78, 5) is 25.3. The molecule has 3 N–H and O–H groups in total. The molecule has 0 radical (unpaired) electrons. The molecule has 18 heavy (non-hydrogen) atoms. The van der Waals surface area contributed by atoms with Crippen LogP contribution in [0.3, 0.4) is 0 Å². The summed E-state index contributed by atoms with van der Waals surface area (Å²) in [6, 6.07) is 1.34. The van der Waals surface area contributed by atoms with Crippen molar-refractivity contribution < 1.29 is 9.72 Å². The Hall–Kier alpha value is -1.70. The minimum Gasteiger partial charge on any atom is -0.369 e. The lowest BCUT2D eigenvalue weighted by Gasteiger charge is -2.20. The topological polar surface area (TPSA) is 111 Å². The van der Waals surface area contributed by atoms with Crippen molar-refractivity contribution >= 4 is 33.3 Å². The second kappa shape index (κ2) is 5.30. The van der Waals surface area contributed by atoms with E-state index >= 15 is 0 Å². The molecule has 0 atom stereocenters. The van der Waals surface area contributed by atoms with Gasteiger partial charge in [-0.2, -0.15) is 0 Å². The molecule has 0 bridgehead atoms. The number of nitrogens with two attached hydrogens (primary N) is 1. The van der Waals surface area contributed by atoms with E-state index in [0.29, 0.717) is 4.47 Å². The van der Waals surface area contributed by atoms with Crippen LogP contribution in [0.5, 0.6) is 0 Å². The summed E-state index contributed by atoms with van der Waals surface area (Å²) in [5.41, 5.74) is 4.24. The molecule has 1 amide bonds. The molecule has 0 aliphatic heterocycles. The molecule has 1 heterocycles. The van der Waals surface area contributed by atoms with Crippen LogP contribution in [0.25, 0.3) is 0 Å². The first-order valence-corrected chi connectivity index (χ1v) is 5.87. The number of nitrogens with zero attached hydrogens (tertiary/aromatic N) is 2. The van der Waals surface area contributed by atoms with Crippen molar-refractivity contribution in [1.82, 2.24) is 4.98 Å². The summed E-state index contributed by atoms with van der Waals surface area (Å²) in [7, 11) is 0. The minimum atomic E-state index is -0.817. The van der Waals surface area contributed by atoms with Crippen LogP contribution in [0.4, 0.5) is 11.5 Å². The minimum absolute atomic E-state index is 0.109. The van der Waals surface area contributed by atoms with Crippen LogP contribution < -0.4 is 11.1 Å². The van der Waals surface area contributed by atoms with E-state index in [2.05, 4.69) is 26.2 Å². The molecule has 0 aromatic carbocycles. The first-order chi connectivity index (χ1) is 8.24. The molecule has 0 fully saturated rings. The van der Waals surface area contributed by atoms with Gasteiger partial charge >= 0.3 is 5.69 Å². The van der Waals surface area contributed by atoms with Gasteiger partial charge in [-0.15, -0.1) is 0 Å². The maximum atomic E-state index is 11.1. The van der Waals surface area contributed by atoms with E-state index in [-0.39, 0.29) is 18.1 Å². The van der Waals surface area contributed by atoms with Crippen LogP contribution in [0, 0.1) is 15.5 Å². The fourth-order valence-corrected chi connectivity index (χ4v) is 1.41. The number of primary amides is 1. The van der Waals surface area contributed by atoms with E-state index in [0.717, 1.165) is 0 Å². The molecular formula is C10H13BrN4O3. The van der Waals surface area contributed by atoms with Crippen molar-refractivity contribution in [3.05, 3.63) is 26.9 Å². The van der Waals surface area contributed by atoms with Gasteiger partial charge in [0.1, 0.15) is 0 Å². The summed E-state index contributed by atoms with van der Waals surface area (Å²) < 4.78 is 0.508. The van der Waals surface area contributed by atoms with Crippen LogP contribution in [-0.4, -0.2) is 22.4 Å². The third-order valence-electron chi connectivity index (χ3n) is 2.40. The van der Waals surface area contributed by atoms with Gasteiger partial charge in [0.05, 0.1) is 10.3 Å². The van der Waals surface area contributed by atoms with Crippen molar-refractivity contribution in [3.63, 3.8) is 0 Å². The first kappa shape index (κ1) is 14.4. The highest BCUT2D eigenvalue weighted by Crippen LogP contribution is 2.26. The van der Waals surface area contributed by atoms with Crippen LogP contribution in [0.2, 0.25) is 0 Å². The molecule has 7 nitrogen and oxygen atoms in total. The summed E-state index contributed by atoms with van der Waals surface area (Å²) in [5, 5.41) is 13.6. The van der Waals surface area contributed by atoms with Gasteiger partial charge in [0.15, 0.2) is 0 Å². The number of halogens is 1. The molecule has 1 aromatic heterocycles. The molecule has 0 unspecified atom stereocenters. The molecule has 0 aliphatic carbocycles. The smallest absolute Gasteiger partial charge is 0.312 e. The molecule has 0 aliphatic rings. The summed E-state index contributed by atoms with van der Waals surface area (Å²) in [5.74, 6) is -0.382. The Bertz CT molecular complexity index is 490. The average Bonchev–Trinajstić information content (AvgIpc) is 2.27. The number of rotatable bonds is 5. The fourth-order valence-electron chi connectivity index (χ4n) is 1.10. The van der Waals surface area contributed by atoms with Gasteiger partial charge in [0.25, 0.3) is 0 Å². The number of hydrogen-bond donors (Lipinski definition) is 2. The molecule has 0 saturated heterocycles. The van der Waals surface area contributed by atoms with Gasteiger partial charge in [-0.25, -0.2) is 4.98 Å². The number of pyridine rings is 1. The van der Waals surface area contributed by atoms with Crippen molar-refractivity contribution in [1.29, 1.82) is 0 Å². The monoisotopic (exact) mass is 316 g/mol. The third kappa shape index (κ3) is 3.39. The Labute approximate surface area is 112 Å².